The second kappa shape index (κ2) is 11.2. The number of carbonyl (C=O) groups is 1. The minimum Gasteiger partial charge on any atom is -0.390 e. The van der Waals surface area contributed by atoms with Gasteiger partial charge in [0.2, 0.25) is 0 Å². The van der Waals surface area contributed by atoms with E-state index in [9.17, 15) is 9.90 Å². The SMILES string of the molecule is COO[C@H]([C@H](OOC)[C@H](C)O)[C@H](OOC)C(=O)Cc1ccccc1. The van der Waals surface area contributed by atoms with Crippen molar-refractivity contribution in [2.24, 2.45) is 0 Å². The van der Waals surface area contributed by atoms with Gasteiger partial charge in [-0.15, -0.1) is 0 Å². The van der Waals surface area contributed by atoms with Crippen LogP contribution < -0.4 is 0 Å². The average Bonchev–Trinajstić information content (AvgIpc) is 2.56. The van der Waals surface area contributed by atoms with E-state index in [4.69, 9.17) is 14.7 Å². The van der Waals surface area contributed by atoms with Gasteiger partial charge in [-0.1, -0.05) is 30.3 Å². The molecule has 0 fully saturated rings. The Labute approximate surface area is 141 Å². The number of carbonyl (C=O) groups excluding carboxylic acids is 1. The van der Waals surface area contributed by atoms with Crippen LogP contribution in [-0.2, 0) is 40.5 Å². The highest BCUT2D eigenvalue weighted by molar-refractivity contribution is 5.85. The van der Waals surface area contributed by atoms with E-state index in [1.54, 1.807) is 0 Å². The molecule has 1 N–H and O–H groups in total. The van der Waals surface area contributed by atoms with Gasteiger partial charge in [-0.2, -0.15) is 0 Å². The fourth-order valence-electron chi connectivity index (χ4n) is 2.20. The average molecular weight is 344 g/mol. The van der Waals surface area contributed by atoms with Crippen LogP contribution in [0.1, 0.15) is 12.5 Å². The van der Waals surface area contributed by atoms with Crippen LogP contribution in [0.5, 0.6) is 0 Å². The predicted molar refractivity (Wildman–Crippen MR) is 82.5 cm³/mol. The largest absolute Gasteiger partial charge is 0.390 e. The molecular formula is C16H24O8. The van der Waals surface area contributed by atoms with E-state index in [-0.39, 0.29) is 12.2 Å². The molecule has 0 aliphatic carbocycles. The fraction of sp³-hybridized carbons (Fsp3) is 0.562. The number of hydrogen-bond acceptors (Lipinski definition) is 8. The molecule has 0 aliphatic rings. The number of hydrogen-bond donors (Lipinski definition) is 1. The Morgan fingerprint density at radius 3 is 2.00 bits per heavy atom. The summed E-state index contributed by atoms with van der Waals surface area (Å²) in [7, 11) is 3.81. The van der Waals surface area contributed by atoms with Crippen LogP contribution in [0.25, 0.3) is 0 Å². The molecule has 0 heterocycles. The topological polar surface area (TPSA) is 92.7 Å². The molecule has 0 radical (unpaired) electrons. The second-order valence-electron chi connectivity index (χ2n) is 5.01. The molecule has 0 spiro atoms. The van der Waals surface area contributed by atoms with Crippen LogP contribution in [0.2, 0.25) is 0 Å². The zero-order valence-electron chi connectivity index (χ0n) is 14.2. The Balaban J connectivity index is 2.99. The van der Waals surface area contributed by atoms with Crippen LogP contribution in [0, 0.1) is 0 Å². The number of aliphatic hydroxyl groups is 1. The van der Waals surface area contributed by atoms with Crippen molar-refractivity contribution in [3.8, 4) is 0 Å². The summed E-state index contributed by atoms with van der Waals surface area (Å²) in [5.74, 6) is -0.338. The predicted octanol–water partition coefficient (Wildman–Crippen LogP) is 1.02. The van der Waals surface area contributed by atoms with Gasteiger partial charge in [0.25, 0.3) is 0 Å². The first-order valence-corrected chi connectivity index (χ1v) is 7.38. The quantitative estimate of drug-likeness (QED) is 0.444. The lowest BCUT2D eigenvalue weighted by atomic mass is 9.97. The summed E-state index contributed by atoms with van der Waals surface area (Å²) < 4.78 is 0. The minimum atomic E-state index is -1.20. The maximum absolute atomic E-state index is 12.6. The van der Waals surface area contributed by atoms with Crippen molar-refractivity contribution in [2.45, 2.75) is 37.8 Å². The van der Waals surface area contributed by atoms with Crippen molar-refractivity contribution in [3.05, 3.63) is 35.9 Å². The zero-order valence-corrected chi connectivity index (χ0v) is 14.2. The van der Waals surface area contributed by atoms with Crippen LogP contribution in [0.15, 0.2) is 30.3 Å². The molecule has 136 valence electrons. The number of benzene rings is 1. The first kappa shape index (κ1) is 20.7. The van der Waals surface area contributed by atoms with Gasteiger partial charge < -0.3 is 5.11 Å². The third-order valence-electron chi connectivity index (χ3n) is 3.25. The molecule has 0 saturated heterocycles. The molecule has 0 aromatic heterocycles. The van der Waals surface area contributed by atoms with E-state index in [2.05, 4.69) is 14.7 Å². The molecule has 24 heavy (non-hydrogen) atoms. The lowest BCUT2D eigenvalue weighted by molar-refractivity contribution is -0.415. The second-order valence-corrected chi connectivity index (χ2v) is 5.01. The van der Waals surface area contributed by atoms with Gasteiger partial charge >= 0.3 is 0 Å². The molecule has 8 nitrogen and oxygen atoms in total. The van der Waals surface area contributed by atoms with E-state index in [1.165, 1.54) is 28.3 Å². The van der Waals surface area contributed by atoms with Crippen LogP contribution in [-0.4, -0.2) is 56.6 Å². The third-order valence-corrected chi connectivity index (χ3v) is 3.25. The third kappa shape index (κ3) is 6.25. The van der Waals surface area contributed by atoms with Gasteiger partial charge in [-0.3, -0.25) is 4.79 Å². The first-order valence-electron chi connectivity index (χ1n) is 7.38. The smallest absolute Gasteiger partial charge is 0.183 e. The number of Topliss-reactive ketones (excluding diaryl/α,β-unsaturated/α-hetero) is 1. The van der Waals surface area contributed by atoms with Crippen LogP contribution in [0.4, 0.5) is 0 Å². The lowest BCUT2D eigenvalue weighted by Gasteiger charge is -2.30. The van der Waals surface area contributed by atoms with E-state index in [0.29, 0.717) is 0 Å². The number of rotatable bonds is 12. The molecule has 0 unspecified atom stereocenters. The van der Waals surface area contributed by atoms with E-state index >= 15 is 0 Å². The molecule has 8 heteroatoms. The van der Waals surface area contributed by atoms with Gasteiger partial charge in [0.15, 0.2) is 24.1 Å². The zero-order chi connectivity index (χ0) is 17.9. The summed E-state index contributed by atoms with van der Waals surface area (Å²) in [6.45, 7) is 1.46. The van der Waals surface area contributed by atoms with Gasteiger partial charge in [0.05, 0.1) is 27.4 Å². The summed E-state index contributed by atoms with van der Waals surface area (Å²) in [6.07, 6.45) is -4.32. The van der Waals surface area contributed by atoms with Crippen LogP contribution >= 0.6 is 0 Å². The summed E-state index contributed by atoms with van der Waals surface area (Å²) in [4.78, 5) is 41.8. The maximum atomic E-state index is 12.6. The standard InChI is InChI=1S/C16H24O8/c1-11(17)14(22-19-2)16(24-21-4)15(23-20-3)13(18)10-12-8-6-5-7-9-12/h5-9,11,14-17H,10H2,1-4H3/t11-,14+,15+,16+/m0/s1. The molecule has 0 amide bonds. The van der Waals surface area contributed by atoms with Crippen molar-refractivity contribution < 1.29 is 39.2 Å². The molecule has 1 aromatic rings. The summed E-state index contributed by atoms with van der Waals surface area (Å²) >= 11 is 0. The Hall–Kier alpha value is -1.39. The minimum absolute atomic E-state index is 0.0813. The summed E-state index contributed by atoms with van der Waals surface area (Å²) in [5.41, 5.74) is 0.796. The Morgan fingerprint density at radius 1 is 0.958 bits per heavy atom. The van der Waals surface area contributed by atoms with E-state index in [1.807, 2.05) is 30.3 Å². The van der Waals surface area contributed by atoms with Crippen LogP contribution in [0.3, 0.4) is 0 Å². The molecular weight excluding hydrogens is 320 g/mol. The maximum Gasteiger partial charge on any atom is 0.183 e. The number of ketones is 1. The molecule has 1 aromatic carbocycles. The normalized spacial score (nSPS) is 16.4. The van der Waals surface area contributed by atoms with E-state index in [0.717, 1.165) is 5.56 Å². The molecule has 0 saturated carbocycles. The summed E-state index contributed by atoms with van der Waals surface area (Å²) in [5, 5.41) is 9.88. The van der Waals surface area contributed by atoms with Crippen molar-refractivity contribution in [1.82, 2.24) is 0 Å². The van der Waals surface area contributed by atoms with Crippen molar-refractivity contribution in [2.75, 3.05) is 21.3 Å². The first-order chi connectivity index (χ1) is 11.5. The fourth-order valence-corrected chi connectivity index (χ4v) is 2.20. The summed E-state index contributed by atoms with van der Waals surface area (Å²) in [6, 6.07) is 9.12. The number of aliphatic hydroxyl groups excluding tert-OH is 1. The highest BCUT2D eigenvalue weighted by atomic mass is 17.2. The monoisotopic (exact) mass is 344 g/mol. The molecule has 0 bridgehead atoms. The highest BCUT2D eigenvalue weighted by Gasteiger charge is 2.41. The van der Waals surface area contributed by atoms with Crippen molar-refractivity contribution in [3.63, 3.8) is 0 Å². The molecule has 4 atom stereocenters. The van der Waals surface area contributed by atoms with Crippen molar-refractivity contribution >= 4 is 5.78 Å². The molecule has 0 aliphatic heterocycles. The van der Waals surface area contributed by atoms with Gasteiger partial charge in [-0.05, 0) is 12.5 Å². The van der Waals surface area contributed by atoms with Gasteiger partial charge in [-0.25, -0.2) is 29.3 Å². The lowest BCUT2D eigenvalue weighted by Crippen LogP contribution is -2.51. The van der Waals surface area contributed by atoms with Gasteiger partial charge in [0.1, 0.15) is 0 Å². The Bertz CT molecular complexity index is 464. The van der Waals surface area contributed by atoms with Gasteiger partial charge in [0, 0.05) is 6.42 Å². The molecule has 1 rings (SSSR count). The Morgan fingerprint density at radius 2 is 1.50 bits per heavy atom. The highest BCUT2D eigenvalue weighted by Crippen LogP contribution is 2.19. The Kier molecular flexibility index (Phi) is 9.65. The van der Waals surface area contributed by atoms with E-state index < -0.39 is 24.4 Å². The van der Waals surface area contributed by atoms with Crippen molar-refractivity contribution in [1.29, 1.82) is 0 Å².